The Bertz CT molecular complexity index is 407. The summed E-state index contributed by atoms with van der Waals surface area (Å²) in [5.41, 5.74) is 1.22. The van der Waals surface area contributed by atoms with E-state index in [2.05, 4.69) is 10.6 Å². The van der Waals surface area contributed by atoms with Crippen LogP contribution >= 0.6 is 0 Å². The van der Waals surface area contributed by atoms with Gasteiger partial charge in [-0.15, -0.1) is 0 Å². The fourth-order valence-corrected chi connectivity index (χ4v) is 1.63. The molecule has 6 nitrogen and oxygen atoms in total. The van der Waals surface area contributed by atoms with Crippen LogP contribution in [0.25, 0.3) is 0 Å². The first-order valence-electron chi connectivity index (χ1n) is 5.96. The second kappa shape index (κ2) is 6.80. The Hall–Kier alpha value is -1.82. The minimum absolute atomic E-state index is 0.109. The lowest BCUT2D eigenvalue weighted by Gasteiger charge is -2.13. The molecule has 1 aromatic carbocycles. The van der Waals surface area contributed by atoms with Gasteiger partial charge in [-0.05, 0) is 33.2 Å². The summed E-state index contributed by atoms with van der Waals surface area (Å²) in [5, 5.41) is 17.2. The van der Waals surface area contributed by atoms with Crippen molar-refractivity contribution in [1.29, 1.82) is 0 Å². The third-order valence-corrected chi connectivity index (χ3v) is 2.46. The summed E-state index contributed by atoms with van der Waals surface area (Å²) < 4.78 is 0. The van der Waals surface area contributed by atoms with Crippen molar-refractivity contribution in [1.82, 2.24) is 4.90 Å². The first-order chi connectivity index (χ1) is 8.56. The fraction of sp³-hybridized carbons (Fsp3) is 0.500. The molecule has 0 aromatic heterocycles. The van der Waals surface area contributed by atoms with Crippen molar-refractivity contribution in [3.8, 4) is 0 Å². The van der Waals surface area contributed by atoms with Crippen molar-refractivity contribution in [2.24, 2.45) is 0 Å². The monoisotopic (exact) mass is 252 g/mol. The summed E-state index contributed by atoms with van der Waals surface area (Å²) >= 11 is 0. The van der Waals surface area contributed by atoms with Gasteiger partial charge in [0.2, 0.25) is 0 Å². The number of para-hydroxylation sites is 1. The van der Waals surface area contributed by atoms with Crippen LogP contribution in [-0.2, 0) is 0 Å². The largest absolute Gasteiger partial charge is 0.380 e. The Morgan fingerprint density at radius 2 is 1.89 bits per heavy atom. The summed E-state index contributed by atoms with van der Waals surface area (Å²) in [4.78, 5) is 12.8. The first kappa shape index (κ1) is 14.2. The van der Waals surface area contributed by atoms with Gasteiger partial charge >= 0.3 is 5.69 Å². The Kier molecular flexibility index (Phi) is 5.38. The van der Waals surface area contributed by atoms with Gasteiger partial charge in [-0.25, -0.2) is 0 Å². The highest BCUT2D eigenvalue weighted by Crippen LogP contribution is 2.32. The van der Waals surface area contributed by atoms with Crippen LogP contribution in [0.2, 0.25) is 0 Å². The van der Waals surface area contributed by atoms with Crippen molar-refractivity contribution in [3.63, 3.8) is 0 Å². The van der Waals surface area contributed by atoms with E-state index in [9.17, 15) is 10.1 Å². The molecule has 100 valence electrons. The second-order valence-electron chi connectivity index (χ2n) is 4.22. The molecule has 2 N–H and O–H groups in total. The number of hydrogen-bond acceptors (Lipinski definition) is 5. The van der Waals surface area contributed by atoms with Gasteiger partial charge < -0.3 is 15.5 Å². The zero-order valence-corrected chi connectivity index (χ0v) is 11.1. The van der Waals surface area contributed by atoms with E-state index in [1.165, 1.54) is 0 Å². The molecule has 18 heavy (non-hydrogen) atoms. The lowest BCUT2D eigenvalue weighted by Crippen LogP contribution is -2.21. The second-order valence-corrected chi connectivity index (χ2v) is 4.22. The topological polar surface area (TPSA) is 70.4 Å². The van der Waals surface area contributed by atoms with Crippen LogP contribution in [0, 0.1) is 10.1 Å². The predicted octanol–water partition coefficient (Wildman–Crippen LogP) is 2.00. The molecular weight excluding hydrogens is 232 g/mol. The highest BCUT2D eigenvalue weighted by molar-refractivity contribution is 5.76. The first-order valence-corrected chi connectivity index (χ1v) is 5.96. The summed E-state index contributed by atoms with van der Waals surface area (Å²) in [6.07, 6.45) is 0. The third-order valence-electron chi connectivity index (χ3n) is 2.46. The maximum absolute atomic E-state index is 11.1. The van der Waals surface area contributed by atoms with Crippen molar-refractivity contribution >= 4 is 17.1 Å². The number of nitro benzene ring substituents is 1. The van der Waals surface area contributed by atoms with E-state index < -0.39 is 0 Å². The van der Waals surface area contributed by atoms with Crippen LogP contribution in [-0.4, -0.2) is 43.6 Å². The van der Waals surface area contributed by atoms with Gasteiger partial charge in [-0.1, -0.05) is 6.07 Å². The van der Waals surface area contributed by atoms with Gasteiger partial charge in [-0.2, -0.15) is 0 Å². The van der Waals surface area contributed by atoms with Gasteiger partial charge in [0.15, 0.2) is 0 Å². The Labute approximate surface area is 107 Å². The minimum Gasteiger partial charge on any atom is -0.380 e. The molecule has 0 spiro atoms. The van der Waals surface area contributed by atoms with E-state index in [0.29, 0.717) is 24.5 Å². The molecule has 0 radical (unpaired) electrons. The molecule has 0 bridgehead atoms. The summed E-state index contributed by atoms with van der Waals surface area (Å²) in [6, 6.07) is 5.26. The Balaban J connectivity index is 2.88. The van der Waals surface area contributed by atoms with Crippen LogP contribution in [0.4, 0.5) is 17.1 Å². The van der Waals surface area contributed by atoms with E-state index in [1.807, 2.05) is 32.0 Å². The van der Waals surface area contributed by atoms with Crippen LogP contribution < -0.4 is 10.6 Å². The molecule has 1 aromatic rings. The third kappa shape index (κ3) is 3.89. The SMILES string of the molecule is CCNc1cccc(NCCN(C)C)c1[N+](=O)[O-]. The zero-order valence-electron chi connectivity index (χ0n) is 11.1. The Morgan fingerprint density at radius 1 is 1.28 bits per heavy atom. The van der Waals surface area contributed by atoms with Gasteiger partial charge in [-0.3, -0.25) is 10.1 Å². The van der Waals surface area contributed by atoms with E-state index in [0.717, 1.165) is 6.54 Å². The number of nitrogens with zero attached hydrogens (tertiary/aromatic N) is 2. The quantitative estimate of drug-likeness (QED) is 0.573. The molecule has 6 heteroatoms. The Morgan fingerprint density at radius 3 is 2.39 bits per heavy atom. The van der Waals surface area contributed by atoms with Crippen LogP contribution in [0.15, 0.2) is 18.2 Å². The van der Waals surface area contributed by atoms with Crippen LogP contribution in [0.5, 0.6) is 0 Å². The van der Waals surface area contributed by atoms with E-state index >= 15 is 0 Å². The predicted molar refractivity (Wildman–Crippen MR) is 74.3 cm³/mol. The lowest BCUT2D eigenvalue weighted by molar-refractivity contribution is -0.383. The molecular formula is C12H20N4O2. The number of nitro groups is 1. The van der Waals surface area contributed by atoms with Gasteiger partial charge in [0.05, 0.1) is 4.92 Å². The summed E-state index contributed by atoms with van der Waals surface area (Å²) in [7, 11) is 3.93. The number of hydrogen-bond donors (Lipinski definition) is 2. The number of anilines is 2. The summed E-state index contributed by atoms with van der Waals surface area (Å²) in [5.74, 6) is 0. The molecule has 0 atom stereocenters. The minimum atomic E-state index is -0.351. The zero-order chi connectivity index (χ0) is 13.5. The van der Waals surface area contributed by atoms with Crippen molar-refractivity contribution in [2.75, 3.05) is 44.4 Å². The molecule has 0 saturated heterocycles. The van der Waals surface area contributed by atoms with E-state index in [-0.39, 0.29) is 10.6 Å². The molecule has 1 rings (SSSR count). The number of nitrogens with one attached hydrogen (secondary N) is 2. The number of benzene rings is 1. The van der Waals surface area contributed by atoms with Crippen molar-refractivity contribution in [3.05, 3.63) is 28.3 Å². The van der Waals surface area contributed by atoms with Gasteiger partial charge in [0.1, 0.15) is 11.4 Å². The normalized spacial score (nSPS) is 10.4. The molecule has 0 unspecified atom stereocenters. The standard InChI is InChI=1S/C12H20N4O2/c1-4-13-10-6-5-7-11(12(10)16(17)18)14-8-9-15(2)3/h5-7,13-14H,4,8-9H2,1-3H3. The van der Waals surface area contributed by atoms with Crippen LogP contribution in [0.3, 0.4) is 0 Å². The molecule has 0 aliphatic heterocycles. The molecule has 0 saturated carbocycles. The maximum Gasteiger partial charge on any atom is 0.315 e. The fourth-order valence-electron chi connectivity index (χ4n) is 1.63. The highest BCUT2D eigenvalue weighted by Gasteiger charge is 2.18. The maximum atomic E-state index is 11.1. The lowest BCUT2D eigenvalue weighted by atomic mass is 10.2. The van der Waals surface area contributed by atoms with Gasteiger partial charge in [0.25, 0.3) is 0 Å². The smallest absolute Gasteiger partial charge is 0.315 e. The van der Waals surface area contributed by atoms with E-state index in [4.69, 9.17) is 0 Å². The number of likely N-dealkylation sites (N-methyl/N-ethyl adjacent to an activating group) is 1. The van der Waals surface area contributed by atoms with Crippen LogP contribution in [0.1, 0.15) is 6.92 Å². The molecule has 0 amide bonds. The van der Waals surface area contributed by atoms with Gasteiger partial charge in [0, 0.05) is 19.6 Å². The molecule has 0 aliphatic rings. The average Bonchev–Trinajstić information content (AvgIpc) is 2.28. The van der Waals surface area contributed by atoms with Crippen molar-refractivity contribution < 1.29 is 4.92 Å². The molecule has 0 aliphatic carbocycles. The molecule has 0 fully saturated rings. The highest BCUT2D eigenvalue weighted by atomic mass is 16.6. The summed E-state index contributed by atoms with van der Waals surface area (Å²) in [6.45, 7) is 4.06. The average molecular weight is 252 g/mol. The number of rotatable bonds is 7. The van der Waals surface area contributed by atoms with Crippen molar-refractivity contribution in [2.45, 2.75) is 6.92 Å². The molecule has 0 heterocycles. The van der Waals surface area contributed by atoms with E-state index in [1.54, 1.807) is 12.1 Å².